The second-order valence-electron chi connectivity index (χ2n) is 4.13. The molecule has 3 nitrogen and oxygen atoms in total. The molecule has 17 heavy (non-hydrogen) atoms. The van der Waals surface area contributed by atoms with Gasteiger partial charge in [0.05, 0.1) is 5.54 Å². The third-order valence-corrected chi connectivity index (χ3v) is 2.86. The van der Waals surface area contributed by atoms with Crippen LogP contribution in [0.3, 0.4) is 0 Å². The maximum atomic E-state index is 11.9. The van der Waals surface area contributed by atoms with Gasteiger partial charge in [0.25, 0.3) is 0 Å². The highest BCUT2D eigenvalue weighted by Crippen LogP contribution is 2.18. The quantitative estimate of drug-likeness (QED) is 0.893. The Morgan fingerprint density at radius 3 is 2.71 bits per heavy atom. The fraction of sp³-hybridized carbons (Fsp3) is 0.417. The minimum Gasteiger partial charge on any atom is -0.324 e. The minimum absolute atomic E-state index is 0. The Morgan fingerprint density at radius 2 is 2.18 bits per heavy atom. The Hall–Kier alpha value is -0.580. The van der Waals surface area contributed by atoms with Crippen LogP contribution in [0.2, 0.25) is 0 Å². The molecule has 0 radical (unpaired) electrons. The van der Waals surface area contributed by atoms with Crippen LogP contribution in [-0.2, 0) is 4.79 Å². The lowest BCUT2D eigenvalue weighted by Gasteiger charge is -2.22. The molecule has 0 aliphatic heterocycles. The van der Waals surface area contributed by atoms with Crippen molar-refractivity contribution in [2.45, 2.75) is 32.2 Å². The number of carbonyl (C=O) groups is 1. The van der Waals surface area contributed by atoms with E-state index in [-0.39, 0.29) is 18.3 Å². The number of nitrogens with one attached hydrogen (secondary N) is 1. The molecule has 0 heterocycles. The average Bonchev–Trinajstić information content (AvgIpc) is 2.17. The van der Waals surface area contributed by atoms with Gasteiger partial charge < -0.3 is 11.1 Å². The fourth-order valence-corrected chi connectivity index (χ4v) is 1.87. The molecule has 1 aromatic carbocycles. The van der Waals surface area contributed by atoms with Crippen LogP contribution >= 0.6 is 28.3 Å². The second kappa shape index (κ2) is 6.99. The van der Waals surface area contributed by atoms with E-state index in [1.54, 1.807) is 6.92 Å². The molecule has 3 N–H and O–H groups in total. The van der Waals surface area contributed by atoms with Crippen LogP contribution in [0.15, 0.2) is 28.7 Å². The van der Waals surface area contributed by atoms with Crippen molar-refractivity contribution in [2.24, 2.45) is 5.73 Å². The first-order chi connectivity index (χ1) is 7.45. The monoisotopic (exact) mass is 320 g/mol. The van der Waals surface area contributed by atoms with Crippen molar-refractivity contribution < 1.29 is 4.79 Å². The van der Waals surface area contributed by atoms with Gasteiger partial charge in [-0.25, -0.2) is 0 Å². The summed E-state index contributed by atoms with van der Waals surface area (Å²) >= 11 is 3.35. The summed E-state index contributed by atoms with van der Waals surface area (Å²) in [6.45, 7) is 3.77. The van der Waals surface area contributed by atoms with Crippen LogP contribution in [0.1, 0.15) is 26.7 Å². The molecule has 0 spiro atoms. The molecule has 96 valence electrons. The first-order valence-corrected chi connectivity index (χ1v) is 6.11. The molecular weight excluding hydrogens is 304 g/mol. The molecule has 1 aromatic rings. The predicted octanol–water partition coefficient (Wildman–Crippen LogP) is 3.33. The summed E-state index contributed by atoms with van der Waals surface area (Å²) in [5.74, 6) is -0.146. The SMILES string of the molecule is CCCC(C)(N)C(=O)Nc1cccc(Br)c1.Cl. The van der Waals surface area contributed by atoms with Crippen LogP contribution in [0.5, 0.6) is 0 Å². The van der Waals surface area contributed by atoms with Crippen molar-refractivity contribution in [3.63, 3.8) is 0 Å². The summed E-state index contributed by atoms with van der Waals surface area (Å²) in [5, 5.41) is 2.81. The predicted molar refractivity (Wildman–Crippen MR) is 77.5 cm³/mol. The fourth-order valence-electron chi connectivity index (χ4n) is 1.47. The van der Waals surface area contributed by atoms with Crippen molar-refractivity contribution in [2.75, 3.05) is 5.32 Å². The molecule has 0 fully saturated rings. The summed E-state index contributed by atoms with van der Waals surface area (Å²) in [5.41, 5.74) is 5.88. The molecule has 0 saturated heterocycles. The van der Waals surface area contributed by atoms with Crippen LogP contribution in [0, 0.1) is 0 Å². The molecular formula is C12H18BrClN2O. The van der Waals surface area contributed by atoms with E-state index < -0.39 is 5.54 Å². The van der Waals surface area contributed by atoms with E-state index >= 15 is 0 Å². The van der Waals surface area contributed by atoms with Crippen LogP contribution in [-0.4, -0.2) is 11.4 Å². The van der Waals surface area contributed by atoms with Crippen LogP contribution in [0.4, 0.5) is 5.69 Å². The van der Waals surface area contributed by atoms with Gasteiger partial charge in [-0.3, -0.25) is 4.79 Å². The van der Waals surface area contributed by atoms with Gasteiger partial charge >= 0.3 is 0 Å². The molecule has 0 aromatic heterocycles. The Labute approximate surface area is 117 Å². The maximum Gasteiger partial charge on any atom is 0.244 e. The number of rotatable bonds is 4. The Balaban J connectivity index is 0.00000256. The number of halogens is 2. The van der Waals surface area contributed by atoms with E-state index in [4.69, 9.17) is 5.73 Å². The number of carbonyl (C=O) groups excluding carboxylic acids is 1. The van der Waals surface area contributed by atoms with E-state index in [0.29, 0.717) is 6.42 Å². The number of anilines is 1. The molecule has 0 bridgehead atoms. The lowest BCUT2D eigenvalue weighted by Crippen LogP contribution is -2.48. The summed E-state index contributed by atoms with van der Waals surface area (Å²) < 4.78 is 0.930. The lowest BCUT2D eigenvalue weighted by atomic mass is 9.96. The molecule has 1 unspecified atom stereocenters. The third-order valence-electron chi connectivity index (χ3n) is 2.37. The topological polar surface area (TPSA) is 55.1 Å². The zero-order valence-electron chi connectivity index (χ0n) is 10.00. The van der Waals surface area contributed by atoms with Gasteiger partial charge in [0.2, 0.25) is 5.91 Å². The standard InChI is InChI=1S/C12H17BrN2O.ClH/c1-3-7-12(2,14)11(16)15-10-6-4-5-9(13)8-10;/h4-6,8H,3,7,14H2,1-2H3,(H,15,16);1H. The van der Waals surface area contributed by atoms with Gasteiger partial charge in [-0.2, -0.15) is 0 Å². The molecule has 5 heteroatoms. The Morgan fingerprint density at radius 1 is 1.53 bits per heavy atom. The van der Waals surface area contributed by atoms with Gasteiger partial charge in [-0.15, -0.1) is 12.4 Å². The van der Waals surface area contributed by atoms with Gasteiger partial charge in [-0.1, -0.05) is 35.3 Å². The second-order valence-corrected chi connectivity index (χ2v) is 5.05. The van der Waals surface area contributed by atoms with Crippen molar-refractivity contribution >= 4 is 39.9 Å². The highest BCUT2D eigenvalue weighted by Gasteiger charge is 2.26. The maximum absolute atomic E-state index is 11.9. The first kappa shape index (κ1) is 16.4. The molecule has 1 atom stereocenters. The number of nitrogens with two attached hydrogens (primary N) is 1. The summed E-state index contributed by atoms with van der Waals surface area (Å²) in [7, 11) is 0. The molecule has 0 aliphatic carbocycles. The number of hydrogen-bond acceptors (Lipinski definition) is 2. The van der Waals surface area contributed by atoms with Crippen molar-refractivity contribution in [1.82, 2.24) is 0 Å². The lowest BCUT2D eigenvalue weighted by molar-refractivity contribution is -0.120. The third kappa shape index (κ3) is 5.06. The highest BCUT2D eigenvalue weighted by atomic mass is 79.9. The minimum atomic E-state index is -0.808. The van der Waals surface area contributed by atoms with Gasteiger partial charge in [0.1, 0.15) is 0 Å². The number of amides is 1. The smallest absolute Gasteiger partial charge is 0.244 e. The van der Waals surface area contributed by atoms with E-state index in [1.807, 2.05) is 31.2 Å². The van der Waals surface area contributed by atoms with Crippen LogP contribution < -0.4 is 11.1 Å². The van der Waals surface area contributed by atoms with Gasteiger partial charge in [-0.05, 0) is 31.5 Å². The van der Waals surface area contributed by atoms with Gasteiger partial charge in [0.15, 0.2) is 0 Å². The van der Waals surface area contributed by atoms with Crippen molar-refractivity contribution in [3.8, 4) is 0 Å². The van der Waals surface area contributed by atoms with Crippen LogP contribution in [0.25, 0.3) is 0 Å². The normalized spacial score (nSPS) is 13.4. The average molecular weight is 322 g/mol. The van der Waals surface area contributed by atoms with E-state index in [1.165, 1.54) is 0 Å². The molecule has 1 rings (SSSR count). The van der Waals surface area contributed by atoms with E-state index in [0.717, 1.165) is 16.6 Å². The Bertz CT molecular complexity index is 383. The molecule has 0 saturated carbocycles. The van der Waals surface area contributed by atoms with Crippen molar-refractivity contribution in [3.05, 3.63) is 28.7 Å². The zero-order chi connectivity index (χ0) is 12.2. The highest BCUT2D eigenvalue weighted by molar-refractivity contribution is 9.10. The first-order valence-electron chi connectivity index (χ1n) is 5.31. The van der Waals surface area contributed by atoms with E-state index in [2.05, 4.69) is 21.2 Å². The summed E-state index contributed by atoms with van der Waals surface area (Å²) in [4.78, 5) is 11.9. The molecule has 0 aliphatic rings. The zero-order valence-corrected chi connectivity index (χ0v) is 12.4. The van der Waals surface area contributed by atoms with E-state index in [9.17, 15) is 4.79 Å². The molecule has 1 amide bonds. The number of hydrogen-bond donors (Lipinski definition) is 2. The Kier molecular flexibility index (Phi) is 6.75. The largest absolute Gasteiger partial charge is 0.324 e. The number of benzene rings is 1. The van der Waals surface area contributed by atoms with Crippen molar-refractivity contribution in [1.29, 1.82) is 0 Å². The van der Waals surface area contributed by atoms with Gasteiger partial charge in [0, 0.05) is 10.2 Å². The summed E-state index contributed by atoms with van der Waals surface area (Å²) in [6, 6.07) is 7.46. The summed E-state index contributed by atoms with van der Waals surface area (Å²) in [6.07, 6.45) is 1.56.